The summed E-state index contributed by atoms with van der Waals surface area (Å²) in [6.07, 6.45) is 0.395. The smallest absolute Gasteiger partial charge is 0.268 e. The highest BCUT2D eigenvalue weighted by atomic mass is 32.2. The van der Waals surface area contributed by atoms with Crippen LogP contribution in [0.3, 0.4) is 0 Å². The van der Waals surface area contributed by atoms with Crippen LogP contribution in [-0.2, 0) is 10.0 Å². The molecule has 0 radical (unpaired) electrons. The van der Waals surface area contributed by atoms with Gasteiger partial charge in [0, 0.05) is 5.69 Å². The van der Waals surface area contributed by atoms with Crippen molar-refractivity contribution >= 4 is 15.7 Å². The number of ether oxygens (including phenoxy) is 1. The Balaban J connectivity index is 2.14. The van der Waals surface area contributed by atoms with Gasteiger partial charge in [-0.25, -0.2) is 21.6 Å². The number of hydrogen-bond acceptors (Lipinski definition) is 3. The van der Waals surface area contributed by atoms with Crippen molar-refractivity contribution in [2.45, 2.75) is 23.8 Å². The lowest BCUT2D eigenvalue weighted by Gasteiger charge is -2.15. The van der Waals surface area contributed by atoms with Crippen molar-refractivity contribution in [3.63, 3.8) is 0 Å². The van der Waals surface area contributed by atoms with Crippen molar-refractivity contribution in [1.82, 2.24) is 0 Å². The Bertz CT molecular complexity index is 884. The molecule has 128 valence electrons. The molecule has 0 amide bonds. The second kappa shape index (κ2) is 5.97. The van der Waals surface area contributed by atoms with E-state index in [4.69, 9.17) is 4.74 Å². The van der Waals surface area contributed by atoms with Crippen molar-refractivity contribution in [2.75, 3.05) is 4.72 Å². The molecule has 0 unspecified atom stereocenters. The highest BCUT2D eigenvalue weighted by molar-refractivity contribution is 7.92. The van der Waals surface area contributed by atoms with Crippen molar-refractivity contribution in [2.24, 2.45) is 0 Å². The van der Waals surface area contributed by atoms with Gasteiger partial charge in [-0.1, -0.05) is 18.2 Å². The first kappa shape index (κ1) is 16.6. The molecule has 2 aromatic rings. The van der Waals surface area contributed by atoms with Crippen LogP contribution in [0.15, 0.2) is 35.2 Å². The van der Waals surface area contributed by atoms with E-state index in [2.05, 4.69) is 0 Å². The number of anilines is 1. The minimum absolute atomic E-state index is 0.0411. The van der Waals surface area contributed by atoms with E-state index in [1.54, 1.807) is 6.07 Å². The van der Waals surface area contributed by atoms with Crippen LogP contribution in [0.4, 0.5) is 23.2 Å². The molecular weight excluding hydrogens is 350 g/mol. The number of sulfonamides is 1. The Labute approximate surface area is 135 Å². The van der Waals surface area contributed by atoms with Gasteiger partial charge < -0.3 is 4.74 Å². The summed E-state index contributed by atoms with van der Waals surface area (Å²) in [5.41, 5.74) is 0.0411. The molecule has 0 spiro atoms. The first-order chi connectivity index (χ1) is 11.3. The van der Waals surface area contributed by atoms with Crippen LogP contribution in [0.2, 0.25) is 0 Å². The molecule has 1 fully saturated rings. The maximum atomic E-state index is 14.1. The molecule has 2 aromatic carbocycles. The average Bonchev–Trinajstić information content (AvgIpc) is 3.35. The third-order valence-electron chi connectivity index (χ3n) is 3.29. The van der Waals surface area contributed by atoms with Gasteiger partial charge in [0.25, 0.3) is 10.0 Å². The molecule has 0 aliphatic heterocycles. The Morgan fingerprint density at radius 2 is 1.50 bits per heavy atom. The monoisotopic (exact) mass is 361 g/mol. The second-order valence-electron chi connectivity index (χ2n) is 5.20. The fourth-order valence-corrected chi connectivity index (χ4v) is 3.26. The second-order valence-corrected chi connectivity index (χ2v) is 6.82. The van der Waals surface area contributed by atoms with Gasteiger partial charge in [0.1, 0.15) is 0 Å². The molecule has 0 bridgehead atoms. The third kappa shape index (κ3) is 3.03. The van der Waals surface area contributed by atoms with Crippen LogP contribution >= 0.6 is 0 Å². The SMILES string of the molecule is O=S(=O)(Nc1ccccc1)c1c(F)c(F)c(F)c(F)c1OC1CC1. The molecule has 9 heteroatoms. The number of rotatable bonds is 5. The summed E-state index contributed by atoms with van der Waals surface area (Å²) in [6.45, 7) is 0. The molecule has 24 heavy (non-hydrogen) atoms. The predicted octanol–water partition coefficient (Wildman–Crippen LogP) is 3.59. The molecule has 1 aliphatic rings. The summed E-state index contributed by atoms with van der Waals surface area (Å²) in [5, 5.41) is 0. The molecule has 1 aliphatic carbocycles. The number of nitrogens with one attached hydrogen (secondary N) is 1. The zero-order valence-corrected chi connectivity index (χ0v) is 12.8. The quantitative estimate of drug-likeness (QED) is 0.503. The maximum absolute atomic E-state index is 14.1. The maximum Gasteiger partial charge on any atom is 0.268 e. The minimum Gasteiger partial charge on any atom is -0.486 e. The van der Waals surface area contributed by atoms with Crippen LogP contribution in [0.1, 0.15) is 12.8 Å². The Morgan fingerprint density at radius 1 is 0.917 bits per heavy atom. The van der Waals surface area contributed by atoms with E-state index in [1.165, 1.54) is 24.3 Å². The molecule has 0 aromatic heterocycles. The van der Waals surface area contributed by atoms with E-state index in [1.807, 2.05) is 4.72 Å². The van der Waals surface area contributed by atoms with E-state index in [0.717, 1.165) is 0 Å². The van der Waals surface area contributed by atoms with Crippen LogP contribution in [0, 0.1) is 23.3 Å². The Hall–Kier alpha value is -2.29. The Morgan fingerprint density at radius 3 is 2.08 bits per heavy atom. The Kier molecular flexibility index (Phi) is 4.12. The highest BCUT2D eigenvalue weighted by Crippen LogP contribution is 2.38. The van der Waals surface area contributed by atoms with Gasteiger partial charge in [0.15, 0.2) is 22.3 Å². The molecule has 3 rings (SSSR count). The summed E-state index contributed by atoms with van der Waals surface area (Å²) >= 11 is 0. The van der Waals surface area contributed by atoms with Crippen molar-refractivity contribution in [3.8, 4) is 5.75 Å². The molecule has 0 heterocycles. The van der Waals surface area contributed by atoms with E-state index in [-0.39, 0.29) is 5.69 Å². The number of hydrogen-bond donors (Lipinski definition) is 1. The van der Waals surface area contributed by atoms with Crippen molar-refractivity contribution in [3.05, 3.63) is 53.6 Å². The van der Waals surface area contributed by atoms with Gasteiger partial charge in [-0.05, 0) is 25.0 Å². The first-order valence-corrected chi connectivity index (χ1v) is 8.40. The number of halogens is 4. The molecular formula is C15H11F4NO3S. The lowest BCUT2D eigenvalue weighted by Crippen LogP contribution is -2.19. The van der Waals surface area contributed by atoms with Gasteiger partial charge in [0.2, 0.25) is 11.6 Å². The van der Waals surface area contributed by atoms with Crippen LogP contribution < -0.4 is 9.46 Å². The third-order valence-corrected chi connectivity index (χ3v) is 4.69. The van der Waals surface area contributed by atoms with Crippen LogP contribution in [-0.4, -0.2) is 14.5 Å². The summed E-state index contributed by atoms with van der Waals surface area (Å²) < 4.78 is 86.7. The van der Waals surface area contributed by atoms with Gasteiger partial charge >= 0.3 is 0 Å². The van der Waals surface area contributed by atoms with E-state index in [9.17, 15) is 26.0 Å². The van der Waals surface area contributed by atoms with Crippen molar-refractivity contribution < 1.29 is 30.7 Å². The predicted molar refractivity (Wildman–Crippen MR) is 77.2 cm³/mol. The normalized spacial score (nSPS) is 14.5. The van der Waals surface area contributed by atoms with Crippen molar-refractivity contribution in [1.29, 1.82) is 0 Å². The van der Waals surface area contributed by atoms with E-state index < -0.39 is 50.0 Å². The van der Waals surface area contributed by atoms with Gasteiger partial charge in [-0.15, -0.1) is 0 Å². The highest BCUT2D eigenvalue weighted by Gasteiger charge is 2.37. The molecule has 1 saturated carbocycles. The molecule has 4 nitrogen and oxygen atoms in total. The standard InChI is InChI=1S/C15H11F4NO3S/c16-10-11(17)13(19)15(14(12(10)18)23-9-6-7-9)24(21,22)20-8-4-2-1-3-5-8/h1-5,9,20H,6-7H2. The summed E-state index contributed by atoms with van der Waals surface area (Å²) in [4.78, 5) is -1.39. The van der Waals surface area contributed by atoms with Crippen LogP contribution in [0.25, 0.3) is 0 Å². The lowest BCUT2D eigenvalue weighted by atomic mass is 10.3. The zero-order chi connectivity index (χ0) is 17.5. The summed E-state index contributed by atoms with van der Waals surface area (Å²) in [5.74, 6) is -9.41. The number of para-hydroxylation sites is 1. The first-order valence-electron chi connectivity index (χ1n) is 6.91. The fourth-order valence-electron chi connectivity index (χ4n) is 2.00. The average molecular weight is 361 g/mol. The molecule has 0 atom stereocenters. The lowest BCUT2D eigenvalue weighted by molar-refractivity contribution is 0.262. The fraction of sp³-hybridized carbons (Fsp3) is 0.200. The van der Waals surface area contributed by atoms with E-state index >= 15 is 0 Å². The summed E-state index contributed by atoms with van der Waals surface area (Å²) in [6, 6.07) is 7.32. The van der Waals surface area contributed by atoms with Crippen LogP contribution in [0.5, 0.6) is 5.75 Å². The van der Waals surface area contributed by atoms with Gasteiger partial charge in [-0.2, -0.15) is 4.39 Å². The number of benzene rings is 2. The largest absolute Gasteiger partial charge is 0.486 e. The van der Waals surface area contributed by atoms with E-state index in [0.29, 0.717) is 12.8 Å². The van der Waals surface area contributed by atoms with Gasteiger partial charge in [-0.3, -0.25) is 4.72 Å². The zero-order valence-electron chi connectivity index (χ0n) is 12.0. The topological polar surface area (TPSA) is 55.4 Å². The molecule has 1 N–H and O–H groups in total. The molecule has 0 saturated heterocycles. The minimum atomic E-state index is -4.75. The summed E-state index contributed by atoms with van der Waals surface area (Å²) in [7, 11) is -4.75. The van der Waals surface area contributed by atoms with Gasteiger partial charge in [0.05, 0.1) is 6.10 Å².